The van der Waals surface area contributed by atoms with Crippen molar-refractivity contribution in [3.8, 4) is 11.5 Å². The molecule has 1 aliphatic heterocycles. The van der Waals surface area contributed by atoms with Gasteiger partial charge < -0.3 is 19.9 Å². The van der Waals surface area contributed by atoms with Gasteiger partial charge in [0.2, 0.25) is 12.2 Å². The van der Waals surface area contributed by atoms with Crippen molar-refractivity contribution < 1.29 is 24.2 Å². The molecule has 0 radical (unpaired) electrons. The zero-order valence-electron chi connectivity index (χ0n) is 16.1. The molecule has 2 N–H and O–H groups in total. The maximum Gasteiger partial charge on any atom is 0.326 e. The van der Waals surface area contributed by atoms with Gasteiger partial charge in [0.25, 0.3) is 5.91 Å². The number of carboxylic acids is 1. The highest BCUT2D eigenvalue weighted by Gasteiger charge is 2.26. The average Bonchev–Trinajstić information content (AvgIpc) is 3.20. The van der Waals surface area contributed by atoms with Gasteiger partial charge in [-0.1, -0.05) is 30.3 Å². The lowest BCUT2D eigenvalue weighted by molar-refractivity contribution is -0.139. The van der Waals surface area contributed by atoms with Gasteiger partial charge in [0, 0.05) is 19.0 Å². The second-order valence-electron chi connectivity index (χ2n) is 6.77. The molecule has 9 nitrogen and oxygen atoms in total. The number of carboxylic acid groups (broad SMARTS) is 1. The van der Waals surface area contributed by atoms with E-state index >= 15 is 0 Å². The van der Waals surface area contributed by atoms with Crippen molar-refractivity contribution in [2.45, 2.75) is 25.9 Å². The molecule has 3 aromatic rings. The van der Waals surface area contributed by atoms with Crippen molar-refractivity contribution in [3.05, 3.63) is 63.9 Å². The minimum absolute atomic E-state index is 0.0481. The number of hydrogen-bond donors (Lipinski definition) is 2. The number of aromatic nitrogens is 2. The van der Waals surface area contributed by atoms with Crippen LogP contribution in [0.2, 0.25) is 0 Å². The minimum atomic E-state index is -1.20. The van der Waals surface area contributed by atoms with Crippen LogP contribution in [-0.4, -0.2) is 39.6 Å². The lowest BCUT2D eigenvalue weighted by Gasteiger charge is -2.15. The zero-order valence-corrected chi connectivity index (χ0v) is 16.1. The number of nitrogens with one attached hydrogen (secondary N) is 1. The lowest BCUT2D eigenvalue weighted by Crippen LogP contribution is -2.44. The van der Waals surface area contributed by atoms with Gasteiger partial charge in [-0.05, 0) is 18.6 Å². The fourth-order valence-electron chi connectivity index (χ4n) is 3.34. The molecule has 2 aromatic carbocycles. The minimum Gasteiger partial charge on any atom is -0.480 e. The van der Waals surface area contributed by atoms with Crippen LogP contribution in [0.3, 0.4) is 0 Å². The second-order valence-corrected chi connectivity index (χ2v) is 6.77. The molecule has 30 heavy (non-hydrogen) atoms. The Morgan fingerprint density at radius 2 is 1.90 bits per heavy atom. The summed E-state index contributed by atoms with van der Waals surface area (Å²) >= 11 is 0. The molecule has 1 atom stereocenters. The molecule has 9 heteroatoms. The standard InChI is InChI=1S/C21H19N3O6/c1-2-24-15-10-17-16(29-11-30-17)9-13(15)19(25)18(23-24)20(26)22-14(21(27)28)8-12-6-4-3-5-7-12/h3-7,9-10,14H,2,8,11H2,1H3,(H,22,26)(H,27,28)/t14-/m1/s1. The van der Waals surface area contributed by atoms with Crippen LogP contribution < -0.4 is 20.2 Å². The summed E-state index contributed by atoms with van der Waals surface area (Å²) in [6, 6.07) is 10.9. The van der Waals surface area contributed by atoms with Crippen molar-refractivity contribution in [1.29, 1.82) is 0 Å². The van der Waals surface area contributed by atoms with Gasteiger partial charge in [-0.3, -0.25) is 14.3 Å². The number of amides is 1. The van der Waals surface area contributed by atoms with E-state index in [0.717, 1.165) is 5.56 Å². The van der Waals surface area contributed by atoms with Crippen molar-refractivity contribution in [1.82, 2.24) is 15.1 Å². The summed E-state index contributed by atoms with van der Waals surface area (Å²) in [6.45, 7) is 2.26. The Bertz CT molecular complexity index is 1190. The number of rotatable bonds is 6. The number of nitrogens with zero attached hydrogens (tertiary/aromatic N) is 2. The molecule has 4 rings (SSSR count). The van der Waals surface area contributed by atoms with Crippen LogP contribution in [-0.2, 0) is 17.8 Å². The number of carbonyl (C=O) groups is 2. The molecule has 1 aliphatic rings. The Morgan fingerprint density at radius 3 is 2.57 bits per heavy atom. The molecule has 0 unspecified atom stereocenters. The van der Waals surface area contributed by atoms with Crippen molar-refractivity contribution in [2.24, 2.45) is 0 Å². The largest absolute Gasteiger partial charge is 0.480 e. The third kappa shape index (κ3) is 3.57. The van der Waals surface area contributed by atoms with E-state index in [1.807, 2.05) is 13.0 Å². The Balaban J connectivity index is 1.70. The Hall–Kier alpha value is -3.88. The van der Waals surface area contributed by atoms with E-state index in [0.29, 0.717) is 23.6 Å². The zero-order chi connectivity index (χ0) is 21.3. The third-order valence-electron chi connectivity index (χ3n) is 4.85. The van der Waals surface area contributed by atoms with Crippen molar-refractivity contribution in [3.63, 3.8) is 0 Å². The highest BCUT2D eigenvalue weighted by Crippen LogP contribution is 2.34. The molecular weight excluding hydrogens is 390 g/mol. The first-order valence-electron chi connectivity index (χ1n) is 9.40. The molecule has 2 heterocycles. The molecule has 154 valence electrons. The molecule has 0 aliphatic carbocycles. The Labute approximate surface area is 170 Å². The van der Waals surface area contributed by atoms with Gasteiger partial charge in [0.1, 0.15) is 6.04 Å². The molecule has 0 bridgehead atoms. The van der Waals surface area contributed by atoms with Gasteiger partial charge >= 0.3 is 5.97 Å². The van der Waals surface area contributed by atoms with Crippen LogP contribution in [0.25, 0.3) is 10.9 Å². The summed E-state index contributed by atoms with van der Waals surface area (Å²) in [5.74, 6) is -1.14. The highest BCUT2D eigenvalue weighted by molar-refractivity contribution is 5.97. The fourth-order valence-corrected chi connectivity index (χ4v) is 3.34. The van der Waals surface area contributed by atoms with Gasteiger partial charge in [0.15, 0.2) is 17.2 Å². The summed E-state index contributed by atoms with van der Waals surface area (Å²) in [7, 11) is 0. The van der Waals surface area contributed by atoms with Crippen LogP contribution in [0.1, 0.15) is 23.0 Å². The van der Waals surface area contributed by atoms with Crippen LogP contribution in [0.4, 0.5) is 0 Å². The molecule has 0 saturated carbocycles. The van der Waals surface area contributed by atoms with E-state index in [9.17, 15) is 19.5 Å². The Kier molecular flexibility index (Phi) is 5.09. The number of hydrogen-bond acceptors (Lipinski definition) is 6. The number of aliphatic carboxylic acids is 1. The van der Waals surface area contributed by atoms with E-state index in [4.69, 9.17) is 9.47 Å². The normalized spacial score (nSPS) is 13.2. The molecule has 0 spiro atoms. The van der Waals surface area contributed by atoms with Crippen LogP contribution >= 0.6 is 0 Å². The van der Waals surface area contributed by atoms with Gasteiger partial charge in [-0.2, -0.15) is 5.10 Å². The van der Waals surface area contributed by atoms with Gasteiger partial charge in [0.05, 0.1) is 10.9 Å². The average molecular weight is 409 g/mol. The monoisotopic (exact) mass is 409 g/mol. The summed E-state index contributed by atoms with van der Waals surface area (Å²) in [5.41, 5.74) is 0.273. The van der Waals surface area contributed by atoms with E-state index in [1.165, 1.54) is 10.7 Å². The Morgan fingerprint density at radius 1 is 1.20 bits per heavy atom. The topological polar surface area (TPSA) is 120 Å². The highest BCUT2D eigenvalue weighted by atomic mass is 16.7. The quantitative estimate of drug-likeness (QED) is 0.634. The summed E-state index contributed by atoms with van der Waals surface area (Å²) in [5, 5.41) is 16.4. The third-order valence-corrected chi connectivity index (χ3v) is 4.85. The molecular formula is C21H19N3O6. The summed E-state index contributed by atoms with van der Waals surface area (Å²) in [4.78, 5) is 37.4. The first kappa shape index (κ1) is 19.4. The SMILES string of the molecule is CCn1nc(C(=O)N[C@H](Cc2ccccc2)C(=O)O)c(=O)c2cc3c(cc21)OCO3. The first-order chi connectivity index (χ1) is 14.5. The molecule has 1 amide bonds. The molecule has 0 fully saturated rings. The molecule has 0 saturated heterocycles. The van der Waals surface area contributed by atoms with Crippen molar-refractivity contribution >= 4 is 22.8 Å². The number of aryl methyl sites for hydroxylation is 1. The smallest absolute Gasteiger partial charge is 0.326 e. The van der Waals surface area contributed by atoms with E-state index in [-0.39, 0.29) is 24.3 Å². The number of carbonyl (C=O) groups excluding carboxylic acids is 1. The first-order valence-corrected chi connectivity index (χ1v) is 9.40. The number of fused-ring (bicyclic) bond motifs is 2. The van der Waals surface area contributed by atoms with Crippen LogP contribution in [0.15, 0.2) is 47.3 Å². The van der Waals surface area contributed by atoms with E-state index in [1.54, 1.807) is 30.3 Å². The van der Waals surface area contributed by atoms with Gasteiger partial charge in [-0.15, -0.1) is 0 Å². The van der Waals surface area contributed by atoms with E-state index in [2.05, 4.69) is 10.4 Å². The fraction of sp³-hybridized carbons (Fsp3) is 0.238. The van der Waals surface area contributed by atoms with E-state index < -0.39 is 23.3 Å². The molecule has 1 aromatic heterocycles. The van der Waals surface area contributed by atoms with Crippen LogP contribution in [0.5, 0.6) is 11.5 Å². The summed E-state index contributed by atoms with van der Waals surface area (Å²) in [6.07, 6.45) is 0.0795. The number of benzene rings is 2. The second kappa shape index (κ2) is 7.86. The van der Waals surface area contributed by atoms with Gasteiger partial charge in [-0.25, -0.2) is 4.79 Å². The van der Waals surface area contributed by atoms with Crippen LogP contribution in [0, 0.1) is 0 Å². The predicted octanol–water partition coefficient (Wildman–Crippen LogP) is 1.57. The predicted molar refractivity (Wildman–Crippen MR) is 107 cm³/mol. The summed E-state index contributed by atoms with van der Waals surface area (Å²) < 4.78 is 12.2. The maximum absolute atomic E-state index is 13.0. The van der Waals surface area contributed by atoms with Crippen molar-refractivity contribution in [2.75, 3.05) is 6.79 Å². The maximum atomic E-state index is 13.0. The lowest BCUT2D eigenvalue weighted by atomic mass is 10.1. The number of ether oxygens (including phenoxy) is 2.